The number of amides is 2. The van der Waals surface area contributed by atoms with Crippen LogP contribution in [0.5, 0.6) is 11.5 Å². The minimum Gasteiger partial charge on any atom is -0.454 e. The second kappa shape index (κ2) is 6.16. The predicted molar refractivity (Wildman–Crippen MR) is 98.1 cm³/mol. The monoisotopic (exact) mass is 384 g/mol. The highest BCUT2D eigenvalue weighted by molar-refractivity contribution is 6.30. The van der Waals surface area contributed by atoms with Gasteiger partial charge in [-0.15, -0.1) is 0 Å². The zero-order chi connectivity index (χ0) is 18.5. The molecular formula is C20H17ClN2O4. The fourth-order valence-corrected chi connectivity index (χ4v) is 4.24. The van der Waals surface area contributed by atoms with Gasteiger partial charge in [-0.1, -0.05) is 17.7 Å². The molecule has 0 spiro atoms. The Balaban J connectivity index is 1.45. The Kier molecular flexibility index (Phi) is 3.75. The van der Waals surface area contributed by atoms with E-state index in [1.807, 2.05) is 23.1 Å². The van der Waals surface area contributed by atoms with Crippen molar-refractivity contribution in [1.82, 2.24) is 9.80 Å². The van der Waals surface area contributed by atoms with Crippen molar-refractivity contribution in [2.45, 2.75) is 12.5 Å². The molecule has 138 valence electrons. The molecular weight excluding hydrogens is 368 g/mol. The first-order chi connectivity index (χ1) is 13.1. The molecule has 1 unspecified atom stereocenters. The Bertz CT molecular complexity index is 961. The third-order valence-electron chi connectivity index (χ3n) is 5.41. The SMILES string of the molecule is O=C(c1ccc2c(c1)OCO2)N1CC(=O)N2CCc3ccc(Cl)cc3C2C1. The van der Waals surface area contributed by atoms with Gasteiger partial charge in [0.05, 0.1) is 6.04 Å². The molecule has 7 heteroatoms. The van der Waals surface area contributed by atoms with Crippen molar-refractivity contribution in [3.8, 4) is 11.5 Å². The van der Waals surface area contributed by atoms with Crippen LogP contribution in [-0.2, 0) is 11.2 Å². The van der Waals surface area contributed by atoms with Gasteiger partial charge < -0.3 is 19.3 Å². The zero-order valence-corrected chi connectivity index (χ0v) is 15.2. The first-order valence-electron chi connectivity index (χ1n) is 8.87. The largest absolute Gasteiger partial charge is 0.454 e. The van der Waals surface area contributed by atoms with Crippen molar-refractivity contribution in [2.24, 2.45) is 0 Å². The van der Waals surface area contributed by atoms with Gasteiger partial charge in [-0.25, -0.2) is 0 Å². The van der Waals surface area contributed by atoms with E-state index in [0.717, 1.165) is 12.0 Å². The quantitative estimate of drug-likeness (QED) is 0.758. The molecule has 0 radical (unpaired) electrons. The topological polar surface area (TPSA) is 59.1 Å². The van der Waals surface area contributed by atoms with E-state index in [9.17, 15) is 9.59 Å². The average molecular weight is 385 g/mol. The lowest BCUT2D eigenvalue weighted by Crippen LogP contribution is -2.55. The molecule has 6 nitrogen and oxygen atoms in total. The van der Waals surface area contributed by atoms with E-state index in [1.165, 1.54) is 5.56 Å². The van der Waals surface area contributed by atoms with Crippen molar-refractivity contribution in [1.29, 1.82) is 0 Å². The van der Waals surface area contributed by atoms with E-state index < -0.39 is 0 Å². The molecule has 2 amide bonds. The molecule has 1 atom stereocenters. The Labute approximate surface area is 161 Å². The number of hydrogen-bond acceptors (Lipinski definition) is 4. The number of carbonyl (C=O) groups is 2. The highest BCUT2D eigenvalue weighted by Gasteiger charge is 2.39. The Morgan fingerprint density at radius 1 is 1.11 bits per heavy atom. The lowest BCUT2D eigenvalue weighted by Gasteiger charge is -2.44. The molecule has 1 saturated heterocycles. The number of piperazine rings is 1. The molecule has 2 aromatic carbocycles. The van der Waals surface area contributed by atoms with Crippen LogP contribution in [0.25, 0.3) is 0 Å². The van der Waals surface area contributed by atoms with E-state index in [2.05, 4.69) is 0 Å². The molecule has 0 saturated carbocycles. The molecule has 1 fully saturated rings. The molecule has 0 aromatic heterocycles. The van der Waals surface area contributed by atoms with Crippen LogP contribution in [0.1, 0.15) is 27.5 Å². The number of benzene rings is 2. The predicted octanol–water partition coefficient (Wildman–Crippen LogP) is 2.65. The highest BCUT2D eigenvalue weighted by atomic mass is 35.5. The lowest BCUT2D eigenvalue weighted by atomic mass is 9.90. The van der Waals surface area contributed by atoms with Crippen molar-refractivity contribution in [2.75, 3.05) is 26.4 Å². The maximum atomic E-state index is 13.0. The Morgan fingerprint density at radius 3 is 2.85 bits per heavy atom. The summed E-state index contributed by atoms with van der Waals surface area (Å²) in [5.41, 5.74) is 2.71. The number of fused-ring (bicyclic) bond motifs is 4. The maximum absolute atomic E-state index is 13.0. The van der Waals surface area contributed by atoms with Crippen LogP contribution in [0.3, 0.4) is 0 Å². The summed E-state index contributed by atoms with van der Waals surface area (Å²) in [6.07, 6.45) is 0.810. The molecule has 0 bridgehead atoms. The van der Waals surface area contributed by atoms with E-state index in [4.69, 9.17) is 21.1 Å². The van der Waals surface area contributed by atoms with Gasteiger partial charge >= 0.3 is 0 Å². The van der Waals surface area contributed by atoms with Crippen molar-refractivity contribution < 1.29 is 19.1 Å². The summed E-state index contributed by atoms with van der Waals surface area (Å²) in [7, 11) is 0. The number of rotatable bonds is 1. The molecule has 0 aliphatic carbocycles. The summed E-state index contributed by atoms with van der Waals surface area (Å²) >= 11 is 6.18. The smallest absolute Gasteiger partial charge is 0.254 e. The van der Waals surface area contributed by atoms with E-state index >= 15 is 0 Å². The van der Waals surface area contributed by atoms with E-state index in [1.54, 1.807) is 23.1 Å². The number of nitrogens with zero attached hydrogens (tertiary/aromatic N) is 2. The summed E-state index contributed by atoms with van der Waals surface area (Å²) < 4.78 is 10.7. The third kappa shape index (κ3) is 2.72. The number of hydrogen-bond donors (Lipinski definition) is 0. The van der Waals surface area contributed by atoms with Crippen LogP contribution in [0, 0.1) is 0 Å². The van der Waals surface area contributed by atoms with Crippen molar-refractivity contribution in [3.63, 3.8) is 0 Å². The molecule has 3 aliphatic heterocycles. The maximum Gasteiger partial charge on any atom is 0.254 e. The van der Waals surface area contributed by atoms with Crippen LogP contribution in [-0.4, -0.2) is 48.0 Å². The molecule has 27 heavy (non-hydrogen) atoms. The molecule has 0 N–H and O–H groups in total. The summed E-state index contributed by atoms with van der Waals surface area (Å²) in [5, 5.41) is 0.641. The van der Waals surface area contributed by atoms with Gasteiger partial charge in [0.2, 0.25) is 12.7 Å². The normalized spacial score (nSPS) is 20.3. The summed E-state index contributed by atoms with van der Waals surface area (Å²) in [5.74, 6) is 0.963. The van der Waals surface area contributed by atoms with Gasteiger partial charge in [0.15, 0.2) is 11.5 Å². The average Bonchev–Trinajstić information content (AvgIpc) is 3.15. The minimum absolute atomic E-state index is 0.0361. The number of ether oxygens (including phenoxy) is 2. The van der Waals surface area contributed by atoms with Crippen molar-refractivity contribution >= 4 is 23.4 Å². The summed E-state index contributed by atoms with van der Waals surface area (Å²) in [6, 6.07) is 10.7. The van der Waals surface area contributed by atoms with E-state index in [0.29, 0.717) is 35.2 Å². The fraction of sp³-hybridized carbons (Fsp3) is 0.300. The number of halogens is 1. The zero-order valence-electron chi connectivity index (χ0n) is 14.5. The van der Waals surface area contributed by atoms with Gasteiger partial charge in [-0.3, -0.25) is 9.59 Å². The number of carbonyl (C=O) groups excluding carboxylic acids is 2. The fourth-order valence-electron chi connectivity index (χ4n) is 4.06. The van der Waals surface area contributed by atoms with Crippen LogP contribution in [0.4, 0.5) is 0 Å². The third-order valence-corrected chi connectivity index (χ3v) is 5.65. The van der Waals surface area contributed by atoms with Gasteiger partial charge in [0, 0.05) is 23.7 Å². The van der Waals surface area contributed by atoms with Crippen LogP contribution >= 0.6 is 11.6 Å². The summed E-state index contributed by atoms with van der Waals surface area (Å²) in [6.45, 7) is 1.36. The van der Waals surface area contributed by atoms with Crippen LogP contribution in [0.2, 0.25) is 5.02 Å². The molecule has 3 heterocycles. The van der Waals surface area contributed by atoms with Gasteiger partial charge in [-0.2, -0.15) is 0 Å². The highest BCUT2D eigenvalue weighted by Crippen LogP contribution is 2.36. The standard InChI is InChI=1S/C20H17ClN2O4/c21-14-3-1-12-5-6-23-16(15(12)8-14)9-22(10-19(23)24)20(25)13-2-4-17-18(7-13)27-11-26-17/h1-4,7-8,16H,5-6,9-11H2. The first kappa shape index (κ1) is 16.4. The molecule has 3 aliphatic rings. The van der Waals surface area contributed by atoms with Crippen LogP contribution < -0.4 is 9.47 Å². The van der Waals surface area contributed by atoms with Gasteiger partial charge in [0.25, 0.3) is 5.91 Å². The van der Waals surface area contributed by atoms with Gasteiger partial charge in [0.1, 0.15) is 6.54 Å². The molecule has 2 aromatic rings. The van der Waals surface area contributed by atoms with Crippen molar-refractivity contribution in [3.05, 3.63) is 58.1 Å². The second-order valence-corrected chi connectivity index (χ2v) is 7.39. The van der Waals surface area contributed by atoms with Gasteiger partial charge in [-0.05, 0) is 47.9 Å². The Morgan fingerprint density at radius 2 is 1.96 bits per heavy atom. The molecule has 5 rings (SSSR count). The first-order valence-corrected chi connectivity index (χ1v) is 9.24. The summed E-state index contributed by atoms with van der Waals surface area (Å²) in [4.78, 5) is 29.2. The minimum atomic E-state index is -0.185. The second-order valence-electron chi connectivity index (χ2n) is 6.95. The van der Waals surface area contributed by atoms with Crippen LogP contribution in [0.15, 0.2) is 36.4 Å². The Hall–Kier alpha value is -2.73. The lowest BCUT2D eigenvalue weighted by molar-refractivity contribution is -0.139. The van der Waals surface area contributed by atoms with E-state index in [-0.39, 0.29) is 31.2 Å².